The smallest absolute Gasteiger partial charge is 0.341 e. The number of halogens is 4. The van der Waals surface area contributed by atoms with Crippen molar-refractivity contribution in [3.63, 3.8) is 0 Å². The number of aromatic nitrogens is 2. The number of rotatable bonds is 6. The Labute approximate surface area is 124 Å². The van der Waals surface area contributed by atoms with Crippen molar-refractivity contribution in [1.82, 2.24) is 10.2 Å². The summed E-state index contributed by atoms with van der Waals surface area (Å²) in [5, 5.41) is 6.88. The molecular weight excluding hydrogens is 313 g/mol. The molecule has 1 rings (SSSR count). The molecule has 0 N–H and O–H groups in total. The zero-order valence-corrected chi connectivity index (χ0v) is 12.1. The van der Waals surface area contributed by atoms with Crippen LogP contribution in [0.4, 0.5) is 8.78 Å². The summed E-state index contributed by atoms with van der Waals surface area (Å²) < 4.78 is 29.2. The second-order valence-corrected chi connectivity index (χ2v) is 4.75. The molecule has 0 aliphatic carbocycles. The number of allylic oxidation sites excluding steroid dienone is 1. The molecule has 0 aliphatic heterocycles. The molecule has 1 aromatic heterocycles. The van der Waals surface area contributed by atoms with Crippen LogP contribution in [0.25, 0.3) is 0 Å². The number of unbranched alkanes of at least 4 members (excludes halogenated alkanes) is 1. The van der Waals surface area contributed by atoms with Gasteiger partial charge in [-0.25, -0.2) is 4.79 Å². The van der Waals surface area contributed by atoms with Crippen molar-refractivity contribution in [1.29, 1.82) is 0 Å². The fraction of sp³-hybridized carbons (Fsp3) is 0.417. The standard InChI is InChI=1S/C12H12Cl2F2N2O2/c1-7(11(15)16)4-2-3-5-20-12(19)8-6-9(13)17-18-10(8)14/h6H,2-5H2,1H3. The van der Waals surface area contributed by atoms with E-state index in [4.69, 9.17) is 27.9 Å². The van der Waals surface area contributed by atoms with Crippen LogP contribution in [0.15, 0.2) is 17.7 Å². The van der Waals surface area contributed by atoms with Crippen molar-refractivity contribution in [2.75, 3.05) is 6.61 Å². The molecule has 0 aromatic carbocycles. The lowest BCUT2D eigenvalue weighted by Crippen LogP contribution is -2.08. The van der Waals surface area contributed by atoms with Crippen LogP contribution >= 0.6 is 23.2 Å². The lowest BCUT2D eigenvalue weighted by atomic mass is 10.1. The summed E-state index contributed by atoms with van der Waals surface area (Å²) in [7, 11) is 0. The second kappa shape index (κ2) is 8.11. The molecule has 0 spiro atoms. The molecule has 1 heterocycles. The Balaban J connectivity index is 2.37. The molecule has 0 saturated heterocycles. The predicted molar refractivity (Wildman–Crippen MR) is 71.1 cm³/mol. The number of nitrogens with zero attached hydrogens (tertiary/aromatic N) is 2. The molecule has 20 heavy (non-hydrogen) atoms. The highest BCUT2D eigenvalue weighted by Crippen LogP contribution is 2.17. The van der Waals surface area contributed by atoms with Gasteiger partial charge < -0.3 is 4.74 Å². The maximum absolute atomic E-state index is 12.1. The normalized spacial score (nSPS) is 10.2. The Morgan fingerprint density at radius 1 is 1.30 bits per heavy atom. The second-order valence-electron chi connectivity index (χ2n) is 4.01. The SMILES string of the molecule is CC(CCCCOC(=O)c1cc(Cl)nnc1Cl)=C(F)F. The summed E-state index contributed by atoms with van der Waals surface area (Å²) in [6.45, 7) is 1.47. The fourth-order valence-corrected chi connectivity index (χ4v) is 1.64. The first-order chi connectivity index (χ1) is 9.41. The van der Waals surface area contributed by atoms with Crippen LogP contribution in [-0.2, 0) is 4.74 Å². The first-order valence-corrected chi connectivity index (χ1v) is 6.54. The van der Waals surface area contributed by atoms with E-state index in [0.29, 0.717) is 12.8 Å². The third kappa shape index (κ3) is 5.38. The topological polar surface area (TPSA) is 52.1 Å². The molecule has 0 saturated carbocycles. The molecule has 0 atom stereocenters. The van der Waals surface area contributed by atoms with Crippen molar-refractivity contribution in [2.45, 2.75) is 26.2 Å². The highest BCUT2D eigenvalue weighted by Gasteiger charge is 2.14. The average Bonchev–Trinajstić information content (AvgIpc) is 2.40. The van der Waals surface area contributed by atoms with Crippen molar-refractivity contribution in [3.05, 3.63) is 33.6 Å². The van der Waals surface area contributed by atoms with Crippen LogP contribution in [0.1, 0.15) is 36.5 Å². The summed E-state index contributed by atoms with van der Waals surface area (Å²) in [5.41, 5.74) is 0.0713. The first-order valence-electron chi connectivity index (χ1n) is 5.78. The lowest BCUT2D eigenvalue weighted by Gasteiger charge is -2.05. The average molecular weight is 325 g/mol. The van der Waals surface area contributed by atoms with Gasteiger partial charge in [-0.3, -0.25) is 0 Å². The summed E-state index contributed by atoms with van der Waals surface area (Å²) >= 11 is 11.3. The summed E-state index contributed by atoms with van der Waals surface area (Å²) in [6.07, 6.45) is -0.422. The minimum Gasteiger partial charge on any atom is -0.462 e. The summed E-state index contributed by atoms with van der Waals surface area (Å²) in [6, 6.07) is 1.25. The number of esters is 1. The highest BCUT2D eigenvalue weighted by molar-refractivity contribution is 6.33. The molecule has 0 bridgehead atoms. The van der Waals surface area contributed by atoms with Crippen LogP contribution in [0.3, 0.4) is 0 Å². The zero-order chi connectivity index (χ0) is 15.1. The lowest BCUT2D eigenvalue weighted by molar-refractivity contribution is 0.0498. The van der Waals surface area contributed by atoms with E-state index in [9.17, 15) is 13.6 Å². The Morgan fingerprint density at radius 2 is 2.00 bits per heavy atom. The highest BCUT2D eigenvalue weighted by atomic mass is 35.5. The van der Waals surface area contributed by atoms with Crippen molar-refractivity contribution in [2.24, 2.45) is 0 Å². The Hall–Kier alpha value is -1.27. The number of hydrogen-bond acceptors (Lipinski definition) is 4. The van der Waals surface area contributed by atoms with Crippen LogP contribution in [0.2, 0.25) is 10.3 Å². The van der Waals surface area contributed by atoms with E-state index >= 15 is 0 Å². The number of ether oxygens (including phenoxy) is 1. The van der Waals surface area contributed by atoms with E-state index in [2.05, 4.69) is 10.2 Å². The van der Waals surface area contributed by atoms with Gasteiger partial charge in [-0.15, -0.1) is 10.2 Å². The van der Waals surface area contributed by atoms with Crippen LogP contribution in [-0.4, -0.2) is 22.8 Å². The van der Waals surface area contributed by atoms with Gasteiger partial charge in [0.2, 0.25) is 0 Å². The third-order valence-corrected chi connectivity index (χ3v) is 2.90. The van der Waals surface area contributed by atoms with Gasteiger partial charge in [0.1, 0.15) is 5.56 Å². The number of hydrogen-bond donors (Lipinski definition) is 0. The molecule has 0 aliphatic rings. The largest absolute Gasteiger partial charge is 0.462 e. The molecule has 0 amide bonds. The van der Waals surface area contributed by atoms with E-state index in [-0.39, 0.29) is 34.5 Å². The van der Waals surface area contributed by atoms with Crippen molar-refractivity contribution in [3.8, 4) is 0 Å². The van der Waals surface area contributed by atoms with Gasteiger partial charge in [0.15, 0.2) is 10.3 Å². The van der Waals surface area contributed by atoms with Gasteiger partial charge in [0.05, 0.1) is 6.61 Å². The van der Waals surface area contributed by atoms with E-state index in [1.807, 2.05) is 0 Å². The molecule has 8 heteroatoms. The van der Waals surface area contributed by atoms with Crippen molar-refractivity contribution >= 4 is 29.2 Å². The Kier molecular flexibility index (Phi) is 6.81. The van der Waals surface area contributed by atoms with Crippen molar-refractivity contribution < 1.29 is 18.3 Å². The summed E-state index contributed by atoms with van der Waals surface area (Å²) in [5.74, 6) is -0.671. The molecular formula is C12H12Cl2F2N2O2. The monoisotopic (exact) mass is 324 g/mol. The maximum atomic E-state index is 12.1. The number of carbonyl (C=O) groups is 1. The first kappa shape index (κ1) is 16.8. The molecule has 110 valence electrons. The van der Waals surface area contributed by atoms with E-state index in [1.54, 1.807) is 0 Å². The molecule has 4 nitrogen and oxygen atoms in total. The van der Waals surface area contributed by atoms with Gasteiger partial charge in [0, 0.05) is 0 Å². The minimum atomic E-state index is -1.66. The van der Waals surface area contributed by atoms with Gasteiger partial charge in [-0.05, 0) is 37.8 Å². The van der Waals surface area contributed by atoms with Gasteiger partial charge in [0.25, 0.3) is 6.08 Å². The predicted octanol–water partition coefficient (Wildman–Crippen LogP) is 4.28. The van der Waals surface area contributed by atoms with E-state index in [1.165, 1.54) is 13.0 Å². The zero-order valence-electron chi connectivity index (χ0n) is 10.6. The molecule has 0 fully saturated rings. The fourth-order valence-electron chi connectivity index (χ4n) is 1.33. The van der Waals surface area contributed by atoms with Gasteiger partial charge >= 0.3 is 5.97 Å². The molecule has 0 unspecified atom stereocenters. The van der Waals surface area contributed by atoms with Crippen LogP contribution < -0.4 is 0 Å². The van der Waals surface area contributed by atoms with Crippen LogP contribution in [0, 0.1) is 0 Å². The maximum Gasteiger partial charge on any atom is 0.341 e. The third-order valence-electron chi connectivity index (χ3n) is 2.44. The minimum absolute atomic E-state index is 0.0255. The quantitative estimate of drug-likeness (QED) is 0.579. The Morgan fingerprint density at radius 3 is 2.65 bits per heavy atom. The van der Waals surface area contributed by atoms with Crippen LogP contribution in [0.5, 0.6) is 0 Å². The van der Waals surface area contributed by atoms with Gasteiger partial charge in [-0.1, -0.05) is 23.2 Å². The molecule has 0 radical (unpaired) electrons. The Bertz CT molecular complexity index is 520. The summed E-state index contributed by atoms with van der Waals surface area (Å²) in [4.78, 5) is 11.7. The van der Waals surface area contributed by atoms with E-state index < -0.39 is 12.0 Å². The number of carbonyl (C=O) groups excluding carboxylic acids is 1. The van der Waals surface area contributed by atoms with E-state index in [0.717, 1.165) is 0 Å². The van der Waals surface area contributed by atoms with Gasteiger partial charge in [-0.2, -0.15) is 8.78 Å². The molecule has 1 aromatic rings.